The van der Waals surface area contributed by atoms with E-state index in [4.69, 9.17) is 4.74 Å². The Bertz CT molecular complexity index is 431. The lowest BCUT2D eigenvalue weighted by Crippen LogP contribution is -2.37. The first-order chi connectivity index (χ1) is 8.59. The molecule has 2 rings (SSSR count). The summed E-state index contributed by atoms with van der Waals surface area (Å²) in [5, 5.41) is 10.2. The summed E-state index contributed by atoms with van der Waals surface area (Å²) in [6.45, 7) is 3.65. The molecule has 0 aliphatic heterocycles. The van der Waals surface area contributed by atoms with Gasteiger partial charge in [0.15, 0.2) is 5.78 Å². The van der Waals surface area contributed by atoms with Crippen LogP contribution in [0.15, 0.2) is 24.3 Å². The van der Waals surface area contributed by atoms with E-state index in [1.807, 2.05) is 19.9 Å². The number of ether oxygens (including phenoxy) is 1. The van der Waals surface area contributed by atoms with Crippen LogP contribution >= 0.6 is 0 Å². The van der Waals surface area contributed by atoms with Crippen molar-refractivity contribution in [2.45, 2.75) is 51.2 Å². The van der Waals surface area contributed by atoms with E-state index in [2.05, 4.69) is 0 Å². The Balaban J connectivity index is 2.18. The molecule has 1 saturated carbocycles. The van der Waals surface area contributed by atoms with Crippen LogP contribution in [0.25, 0.3) is 0 Å². The maximum atomic E-state index is 12.3. The molecule has 0 atom stereocenters. The summed E-state index contributed by atoms with van der Waals surface area (Å²) in [5.41, 5.74) is -0.725. The quantitative estimate of drug-likeness (QED) is 0.787. The number of carbonyl (C=O) groups excluding carboxylic acids is 1. The lowest BCUT2D eigenvalue weighted by atomic mass is 9.88. The SMILES string of the molecule is CCC(O)(CC)C(=O)c1cccc(OC2CC2)c1. The second-order valence-electron chi connectivity index (χ2n) is 4.91. The molecule has 0 spiro atoms. The van der Waals surface area contributed by atoms with Gasteiger partial charge in [-0.3, -0.25) is 4.79 Å². The number of aliphatic hydroxyl groups is 1. The van der Waals surface area contributed by atoms with E-state index in [-0.39, 0.29) is 5.78 Å². The Kier molecular flexibility index (Phi) is 3.71. The number of benzene rings is 1. The number of ketones is 1. The summed E-state index contributed by atoms with van der Waals surface area (Å²) < 4.78 is 5.66. The van der Waals surface area contributed by atoms with Crippen LogP contribution in [0.2, 0.25) is 0 Å². The van der Waals surface area contributed by atoms with Crippen molar-refractivity contribution in [1.29, 1.82) is 0 Å². The molecular weight excluding hydrogens is 228 g/mol. The topological polar surface area (TPSA) is 46.5 Å². The minimum absolute atomic E-state index is 0.214. The van der Waals surface area contributed by atoms with E-state index in [9.17, 15) is 9.90 Å². The summed E-state index contributed by atoms with van der Waals surface area (Å²) in [6.07, 6.45) is 3.34. The van der Waals surface area contributed by atoms with Crippen molar-refractivity contribution in [2.24, 2.45) is 0 Å². The van der Waals surface area contributed by atoms with Gasteiger partial charge >= 0.3 is 0 Å². The number of Topliss-reactive ketones (excluding diaryl/α,β-unsaturated/α-hetero) is 1. The van der Waals surface area contributed by atoms with Crippen LogP contribution in [0.4, 0.5) is 0 Å². The predicted octanol–water partition coefficient (Wildman–Crippen LogP) is 2.96. The van der Waals surface area contributed by atoms with Crippen molar-refractivity contribution >= 4 is 5.78 Å². The molecule has 1 fully saturated rings. The van der Waals surface area contributed by atoms with Crippen molar-refractivity contribution in [3.05, 3.63) is 29.8 Å². The molecule has 18 heavy (non-hydrogen) atoms. The van der Waals surface area contributed by atoms with Crippen molar-refractivity contribution in [3.63, 3.8) is 0 Å². The standard InChI is InChI=1S/C15H20O3/c1-3-15(17,4-2)14(16)11-6-5-7-13(10-11)18-12-8-9-12/h5-7,10,12,17H,3-4,8-9H2,1-2H3. The van der Waals surface area contributed by atoms with E-state index < -0.39 is 5.60 Å². The molecule has 1 aromatic carbocycles. The average Bonchev–Trinajstić information content (AvgIpc) is 3.21. The molecule has 0 unspecified atom stereocenters. The van der Waals surface area contributed by atoms with Crippen LogP contribution in [0.3, 0.4) is 0 Å². The number of hydrogen-bond acceptors (Lipinski definition) is 3. The predicted molar refractivity (Wildman–Crippen MR) is 70.0 cm³/mol. The minimum atomic E-state index is -1.25. The summed E-state index contributed by atoms with van der Waals surface area (Å²) in [5.74, 6) is 0.506. The highest BCUT2D eigenvalue weighted by atomic mass is 16.5. The molecule has 3 heteroatoms. The maximum absolute atomic E-state index is 12.3. The molecule has 3 nitrogen and oxygen atoms in total. The summed E-state index contributed by atoms with van der Waals surface area (Å²) in [6, 6.07) is 7.12. The summed E-state index contributed by atoms with van der Waals surface area (Å²) in [4.78, 5) is 12.3. The van der Waals surface area contributed by atoms with Crippen molar-refractivity contribution in [2.75, 3.05) is 0 Å². The molecule has 0 radical (unpaired) electrons. The van der Waals surface area contributed by atoms with Crippen molar-refractivity contribution in [3.8, 4) is 5.75 Å². The third-order valence-electron chi connectivity index (χ3n) is 3.52. The first kappa shape index (κ1) is 13.1. The van der Waals surface area contributed by atoms with Gasteiger partial charge in [0.2, 0.25) is 0 Å². The molecule has 1 aliphatic rings. The molecule has 0 heterocycles. The molecule has 0 bridgehead atoms. The van der Waals surface area contributed by atoms with Crippen LogP contribution in [0.1, 0.15) is 49.9 Å². The van der Waals surface area contributed by atoms with E-state index in [0.29, 0.717) is 24.5 Å². The van der Waals surface area contributed by atoms with Crippen LogP contribution < -0.4 is 4.74 Å². The van der Waals surface area contributed by atoms with Gasteiger partial charge in [0.05, 0.1) is 6.10 Å². The molecule has 0 aromatic heterocycles. The zero-order valence-corrected chi connectivity index (χ0v) is 11.0. The highest BCUT2D eigenvalue weighted by Gasteiger charge is 2.33. The van der Waals surface area contributed by atoms with Gasteiger partial charge in [-0.2, -0.15) is 0 Å². The smallest absolute Gasteiger partial charge is 0.194 e. The van der Waals surface area contributed by atoms with Gasteiger partial charge in [-0.1, -0.05) is 26.0 Å². The summed E-state index contributed by atoms with van der Waals surface area (Å²) >= 11 is 0. The average molecular weight is 248 g/mol. The first-order valence-corrected chi connectivity index (χ1v) is 6.63. The number of hydrogen-bond donors (Lipinski definition) is 1. The highest BCUT2D eigenvalue weighted by molar-refractivity contribution is 6.02. The fraction of sp³-hybridized carbons (Fsp3) is 0.533. The third-order valence-corrected chi connectivity index (χ3v) is 3.52. The number of rotatable bonds is 6. The molecule has 0 saturated heterocycles. The minimum Gasteiger partial charge on any atom is -0.490 e. The Labute approximate surface area is 108 Å². The zero-order chi connectivity index (χ0) is 13.2. The normalized spacial score (nSPS) is 15.5. The van der Waals surface area contributed by atoms with Gasteiger partial charge in [0.25, 0.3) is 0 Å². The lowest BCUT2D eigenvalue weighted by Gasteiger charge is -2.23. The van der Waals surface area contributed by atoms with Crippen LogP contribution in [0, 0.1) is 0 Å². The Morgan fingerprint density at radius 2 is 2.06 bits per heavy atom. The van der Waals surface area contributed by atoms with Gasteiger partial charge in [-0.25, -0.2) is 0 Å². The van der Waals surface area contributed by atoms with Gasteiger partial charge in [-0.05, 0) is 37.8 Å². The first-order valence-electron chi connectivity index (χ1n) is 6.63. The molecule has 1 aliphatic carbocycles. The lowest BCUT2D eigenvalue weighted by molar-refractivity contribution is 0.0277. The van der Waals surface area contributed by atoms with E-state index in [1.54, 1.807) is 18.2 Å². The van der Waals surface area contributed by atoms with Crippen molar-refractivity contribution < 1.29 is 14.6 Å². The third kappa shape index (κ3) is 2.72. The molecule has 1 N–H and O–H groups in total. The van der Waals surface area contributed by atoms with E-state index >= 15 is 0 Å². The highest BCUT2D eigenvalue weighted by Crippen LogP contribution is 2.28. The Hall–Kier alpha value is -1.35. The molecular formula is C15H20O3. The Morgan fingerprint density at radius 3 is 2.61 bits per heavy atom. The van der Waals surface area contributed by atoms with E-state index in [1.165, 1.54) is 0 Å². The van der Waals surface area contributed by atoms with Gasteiger partial charge in [0.1, 0.15) is 11.4 Å². The fourth-order valence-corrected chi connectivity index (χ4v) is 1.93. The van der Waals surface area contributed by atoms with Gasteiger partial charge in [0, 0.05) is 5.56 Å². The van der Waals surface area contributed by atoms with Gasteiger partial charge < -0.3 is 9.84 Å². The Morgan fingerprint density at radius 1 is 1.39 bits per heavy atom. The monoisotopic (exact) mass is 248 g/mol. The zero-order valence-electron chi connectivity index (χ0n) is 11.0. The fourth-order valence-electron chi connectivity index (χ4n) is 1.93. The van der Waals surface area contributed by atoms with Crippen LogP contribution in [-0.4, -0.2) is 22.6 Å². The number of carbonyl (C=O) groups is 1. The second-order valence-corrected chi connectivity index (χ2v) is 4.91. The molecule has 1 aromatic rings. The van der Waals surface area contributed by atoms with Gasteiger partial charge in [-0.15, -0.1) is 0 Å². The van der Waals surface area contributed by atoms with Crippen LogP contribution in [-0.2, 0) is 0 Å². The van der Waals surface area contributed by atoms with Crippen LogP contribution in [0.5, 0.6) is 5.75 Å². The van der Waals surface area contributed by atoms with Crippen molar-refractivity contribution in [1.82, 2.24) is 0 Å². The summed E-state index contributed by atoms with van der Waals surface area (Å²) in [7, 11) is 0. The largest absolute Gasteiger partial charge is 0.490 e. The molecule has 98 valence electrons. The maximum Gasteiger partial charge on any atom is 0.194 e. The molecule has 0 amide bonds. The second kappa shape index (κ2) is 5.11. The van der Waals surface area contributed by atoms with E-state index in [0.717, 1.165) is 18.6 Å².